The fourth-order valence-electron chi connectivity index (χ4n) is 7.30. The molecule has 6 unspecified atom stereocenters. The predicted molar refractivity (Wildman–Crippen MR) is 150 cm³/mol. The highest BCUT2D eigenvalue weighted by Crippen LogP contribution is 2.67. The van der Waals surface area contributed by atoms with Gasteiger partial charge in [0, 0.05) is 30.2 Å². The first-order chi connectivity index (χ1) is 19.9. The number of hydrogen-bond acceptors (Lipinski definition) is 7. The van der Waals surface area contributed by atoms with E-state index in [9.17, 15) is 28.7 Å². The number of phenols is 1. The minimum absolute atomic E-state index is 0.0725. The number of fused-ring (bicyclic) bond motifs is 4. The van der Waals surface area contributed by atoms with Crippen molar-refractivity contribution in [1.82, 2.24) is 4.90 Å². The lowest BCUT2D eigenvalue weighted by Crippen LogP contribution is -2.60. The molecule has 9 nitrogen and oxygen atoms in total. The van der Waals surface area contributed by atoms with Gasteiger partial charge >= 0.3 is 0 Å². The smallest absolute Gasteiger partial charge is 0.258 e. The van der Waals surface area contributed by atoms with Crippen molar-refractivity contribution in [3.05, 3.63) is 59.4 Å². The van der Waals surface area contributed by atoms with Crippen LogP contribution in [0, 0.1) is 23.6 Å². The van der Waals surface area contributed by atoms with Gasteiger partial charge in [0.15, 0.2) is 9.75 Å². The molecule has 2 aliphatic carbocycles. The lowest BCUT2D eigenvalue weighted by atomic mass is 9.56. The van der Waals surface area contributed by atoms with E-state index in [4.69, 9.17) is 32.7 Å². The van der Waals surface area contributed by atoms with Crippen LogP contribution in [0.5, 0.6) is 17.2 Å². The number of ether oxygens (including phenoxy) is 2. The molecule has 1 saturated carbocycles. The van der Waals surface area contributed by atoms with Crippen LogP contribution in [-0.2, 0) is 19.2 Å². The molecule has 4 amide bonds. The van der Waals surface area contributed by atoms with Crippen molar-refractivity contribution in [2.45, 2.75) is 35.4 Å². The number of alkyl halides is 2. The predicted octanol–water partition coefficient (Wildman–Crippen LogP) is 4.13. The second-order valence-corrected chi connectivity index (χ2v) is 12.2. The summed E-state index contributed by atoms with van der Waals surface area (Å²) in [5, 5.41) is 10.4. The number of likely N-dealkylation sites (tertiary alicyclic amines) is 1. The summed E-state index contributed by atoms with van der Waals surface area (Å²) in [5.74, 6) is -6.27. The summed E-state index contributed by atoms with van der Waals surface area (Å²) < 4.78 is 25.0. The number of carbonyl (C=O) groups is 4. The summed E-state index contributed by atoms with van der Waals surface area (Å²) >= 11 is 14.7. The van der Waals surface area contributed by atoms with E-state index in [1.807, 2.05) is 0 Å². The Hall–Kier alpha value is -3.63. The number of benzene rings is 2. The number of aromatic hydroxyl groups is 1. The van der Waals surface area contributed by atoms with Crippen LogP contribution in [0.1, 0.15) is 31.2 Å². The lowest BCUT2D eigenvalue weighted by Gasteiger charge is -2.51. The van der Waals surface area contributed by atoms with Gasteiger partial charge < -0.3 is 14.6 Å². The van der Waals surface area contributed by atoms with Gasteiger partial charge in [0.1, 0.15) is 23.1 Å². The number of halogens is 3. The van der Waals surface area contributed by atoms with Gasteiger partial charge in [-0.15, -0.1) is 23.2 Å². The number of amides is 4. The van der Waals surface area contributed by atoms with Gasteiger partial charge in [-0.2, -0.15) is 0 Å². The Morgan fingerprint density at radius 2 is 1.60 bits per heavy atom. The van der Waals surface area contributed by atoms with Crippen molar-refractivity contribution in [3.8, 4) is 17.2 Å². The van der Waals surface area contributed by atoms with E-state index in [-0.39, 0.29) is 59.7 Å². The summed E-state index contributed by atoms with van der Waals surface area (Å²) in [6, 6.07) is 7.43. The van der Waals surface area contributed by atoms with Gasteiger partial charge in [-0.1, -0.05) is 11.6 Å². The monoisotopic (exact) mass is 616 g/mol. The molecule has 42 heavy (non-hydrogen) atoms. The Bertz CT molecular complexity index is 1550. The zero-order valence-corrected chi connectivity index (χ0v) is 24.4. The second kappa shape index (κ2) is 9.70. The quantitative estimate of drug-likeness (QED) is 0.305. The molecule has 220 valence electrons. The third-order valence-electron chi connectivity index (χ3n) is 9.12. The number of methoxy groups -OCH3 is 2. The molecule has 2 heterocycles. The van der Waals surface area contributed by atoms with Crippen molar-refractivity contribution < 1.29 is 38.1 Å². The first kappa shape index (κ1) is 28.5. The average molecular weight is 617 g/mol. The highest BCUT2D eigenvalue weighted by atomic mass is 35.5. The van der Waals surface area contributed by atoms with Crippen LogP contribution in [0.2, 0.25) is 0 Å². The number of imide groups is 2. The molecule has 4 aliphatic rings. The number of carbonyl (C=O) groups excluding carboxylic acids is 4. The van der Waals surface area contributed by atoms with E-state index in [0.29, 0.717) is 5.57 Å². The maximum absolute atomic E-state index is 14.4. The molecule has 2 aromatic carbocycles. The molecular formula is C30H27Cl2FN2O7. The van der Waals surface area contributed by atoms with Crippen LogP contribution in [0.15, 0.2) is 48.0 Å². The first-order valence-electron chi connectivity index (χ1n) is 13.5. The largest absolute Gasteiger partial charge is 0.508 e. The molecule has 6 rings (SSSR count). The van der Waals surface area contributed by atoms with Gasteiger partial charge in [-0.3, -0.25) is 24.1 Å². The van der Waals surface area contributed by atoms with Gasteiger partial charge in [0.2, 0.25) is 11.8 Å². The van der Waals surface area contributed by atoms with Crippen molar-refractivity contribution in [2.75, 3.05) is 25.7 Å². The van der Waals surface area contributed by atoms with E-state index >= 15 is 0 Å². The normalized spacial score (nSPS) is 32.0. The molecule has 6 atom stereocenters. The van der Waals surface area contributed by atoms with E-state index in [1.54, 1.807) is 13.0 Å². The number of anilines is 1. The fraction of sp³-hybridized carbons (Fsp3) is 0.400. The van der Waals surface area contributed by atoms with Crippen molar-refractivity contribution in [1.29, 1.82) is 0 Å². The number of phenolic OH excluding ortho intramolecular Hbond substituents is 1. The number of rotatable bonds is 5. The average Bonchev–Trinajstić information content (AvgIpc) is 3.30. The minimum atomic E-state index is -2.16. The Kier molecular flexibility index (Phi) is 6.58. The van der Waals surface area contributed by atoms with Gasteiger partial charge in [-0.05, 0) is 49.9 Å². The molecule has 12 heteroatoms. The summed E-state index contributed by atoms with van der Waals surface area (Å²) in [6.07, 6.45) is 1.80. The number of allylic oxidation sites excluding steroid dienone is 2. The van der Waals surface area contributed by atoms with Crippen molar-refractivity contribution >= 4 is 52.5 Å². The summed E-state index contributed by atoms with van der Waals surface area (Å²) in [7, 11) is 2.73. The van der Waals surface area contributed by atoms with Gasteiger partial charge in [-0.25, -0.2) is 9.29 Å². The van der Waals surface area contributed by atoms with E-state index in [2.05, 4.69) is 0 Å². The topological polar surface area (TPSA) is 113 Å². The van der Waals surface area contributed by atoms with Crippen LogP contribution < -0.4 is 14.4 Å². The van der Waals surface area contributed by atoms with E-state index in [1.165, 1.54) is 43.4 Å². The third-order valence-corrected chi connectivity index (χ3v) is 10.5. The van der Waals surface area contributed by atoms with Crippen LogP contribution in [0.25, 0.3) is 0 Å². The van der Waals surface area contributed by atoms with Crippen molar-refractivity contribution in [3.63, 3.8) is 0 Å². The van der Waals surface area contributed by atoms with Crippen LogP contribution in [0.4, 0.5) is 10.1 Å². The molecule has 0 spiro atoms. The molecule has 2 saturated heterocycles. The first-order valence-corrected chi connectivity index (χ1v) is 14.2. The third kappa shape index (κ3) is 3.54. The highest BCUT2D eigenvalue weighted by Gasteiger charge is 2.77. The van der Waals surface area contributed by atoms with E-state index < -0.39 is 51.1 Å². The molecule has 2 aliphatic heterocycles. The molecule has 2 aromatic rings. The Labute approximate surface area is 250 Å². The maximum atomic E-state index is 14.4. The molecular weight excluding hydrogens is 590 g/mol. The molecule has 0 radical (unpaired) electrons. The SMILES string of the molecule is CCN1C(=O)C2CC=C3C(CC4(Cl)C(=O)N(c5ccc(F)cc5)C(=O)C4(Cl)C3c3c(OC)cc(O)cc3OC)C2C1=O. The number of nitrogens with zero attached hydrogens (tertiary/aromatic N) is 2. The fourth-order valence-corrected chi connectivity index (χ4v) is 8.22. The highest BCUT2D eigenvalue weighted by molar-refractivity contribution is 6.58. The Morgan fingerprint density at radius 1 is 0.976 bits per heavy atom. The zero-order chi connectivity index (χ0) is 30.3. The maximum Gasteiger partial charge on any atom is 0.258 e. The van der Waals surface area contributed by atoms with Crippen LogP contribution in [-0.4, -0.2) is 64.1 Å². The summed E-state index contributed by atoms with van der Waals surface area (Å²) in [5.41, 5.74) is 0.868. The lowest BCUT2D eigenvalue weighted by molar-refractivity contribution is -0.140. The molecule has 0 bridgehead atoms. The summed E-state index contributed by atoms with van der Waals surface area (Å²) in [4.78, 5) is 53.3. The van der Waals surface area contributed by atoms with E-state index in [0.717, 1.165) is 17.0 Å². The molecule has 1 N–H and O–H groups in total. The number of hydrogen-bond donors (Lipinski definition) is 1. The van der Waals surface area contributed by atoms with Crippen LogP contribution >= 0.6 is 23.2 Å². The minimum Gasteiger partial charge on any atom is -0.508 e. The summed E-state index contributed by atoms with van der Waals surface area (Å²) in [6.45, 7) is 1.90. The van der Waals surface area contributed by atoms with Gasteiger partial charge in [0.05, 0.1) is 31.7 Å². The molecule has 0 aromatic heterocycles. The standard InChI is InChI=1S/C30H27Cl2FN2O7/c1-4-34-25(37)18-10-9-17-19(22(18)26(34)38)13-29(31)27(39)35(15-7-5-14(33)6-8-15)28(40)30(29,32)24(17)23-20(41-2)11-16(36)12-21(23)42-3/h5-9,11-12,18-19,22,24,36H,4,10,13H2,1-3H3. The zero-order valence-electron chi connectivity index (χ0n) is 22.9. The molecule has 3 fully saturated rings. The van der Waals surface area contributed by atoms with Crippen molar-refractivity contribution in [2.24, 2.45) is 17.8 Å². The van der Waals surface area contributed by atoms with Crippen LogP contribution in [0.3, 0.4) is 0 Å². The second-order valence-electron chi connectivity index (χ2n) is 10.9. The Morgan fingerprint density at radius 3 is 2.17 bits per heavy atom. The van der Waals surface area contributed by atoms with Gasteiger partial charge in [0.25, 0.3) is 11.8 Å². The Balaban J connectivity index is 1.63.